The maximum absolute atomic E-state index is 4.93. The van der Waals surface area contributed by atoms with E-state index >= 15 is 0 Å². The van der Waals surface area contributed by atoms with Crippen LogP contribution in [0, 0.1) is 133 Å². The number of rotatable bonds is 8. The zero-order valence-corrected chi connectivity index (χ0v) is 51.7. The van der Waals surface area contributed by atoms with Crippen molar-refractivity contribution < 1.29 is 54.9 Å². The first-order chi connectivity index (χ1) is 25.4. The van der Waals surface area contributed by atoms with Crippen LogP contribution < -0.4 is 0 Å². The van der Waals surface area contributed by atoms with Crippen molar-refractivity contribution >= 4 is 54.2 Å². The van der Waals surface area contributed by atoms with Crippen LogP contribution in [0.2, 0.25) is 0 Å². The molecule has 7 unspecified atom stereocenters. The Bertz CT molecular complexity index is 781. The van der Waals surface area contributed by atoms with Gasteiger partial charge >= 0.3 is 109 Å². The van der Waals surface area contributed by atoms with Gasteiger partial charge in [-0.2, -0.15) is 0 Å². The first-order valence-electron chi connectivity index (χ1n) is 22.3. The fourth-order valence-corrected chi connectivity index (χ4v) is 13.4. The molecule has 0 saturated heterocycles. The Hall–Kier alpha value is 4.05. The normalized spacial score (nSPS) is 30.8. The van der Waals surface area contributed by atoms with Gasteiger partial charge in [-0.3, -0.25) is 0 Å². The van der Waals surface area contributed by atoms with Gasteiger partial charge in [-0.25, -0.2) is 0 Å². The van der Waals surface area contributed by atoms with Gasteiger partial charge in [0.2, 0.25) is 0 Å². The van der Waals surface area contributed by atoms with E-state index in [2.05, 4.69) is 62.3 Å². The zero-order chi connectivity index (χ0) is 39.9. The first-order valence-corrected chi connectivity index (χ1v) is 37.2. The molecule has 0 nitrogen and oxygen atoms in total. The van der Waals surface area contributed by atoms with Gasteiger partial charge in [0, 0.05) is 0 Å². The van der Waals surface area contributed by atoms with E-state index in [1.165, 1.54) is 116 Å². The SMILES string of the molecule is CC1CCC(C)C1[C@H](C)C1CCCC1.CC1CCC(C)C1[C@H](C)C1CCCC1.CCCC(C1CCCC1)C1C(C)CCC1C.[CH3-].[CH3-].[CH3-].[CH3-].[CH3-].[CH3-].[Cl][Ti][Cl].[Cl][Ti][Cl].[Cl][Zr+2][Cl]. The Morgan fingerprint density at radius 2 is 0.627 bits per heavy atom. The van der Waals surface area contributed by atoms with Crippen molar-refractivity contribution in [3.8, 4) is 0 Å². The van der Waals surface area contributed by atoms with Gasteiger partial charge in [0.1, 0.15) is 0 Å². The van der Waals surface area contributed by atoms with Crippen LogP contribution in [0.1, 0.15) is 191 Å². The molecule has 6 aliphatic carbocycles. The van der Waals surface area contributed by atoms with Crippen molar-refractivity contribution in [2.75, 3.05) is 0 Å². The summed E-state index contributed by atoms with van der Waals surface area (Å²) in [6, 6.07) is 0. The average Bonchev–Trinajstić information content (AvgIpc) is 3.98. The molecule has 0 radical (unpaired) electrons. The Morgan fingerprint density at radius 1 is 0.424 bits per heavy atom. The van der Waals surface area contributed by atoms with Gasteiger partial charge in [0.15, 0.2) is 0 Å². The number of halogens is 6. The second-order valence-corrected chi connectivity index (χ2v) is 27.7. The topological polar surface area (TPSA) is 0 Å². The van der Waals surface area contributed by atoms with Crippen molar-refractivity contribution in [1.29, 1.82) is 0 Å². The molecular weight excluding hydrogens is 1000 g/mol. The molecular formula is C50H100Cl6Ti2Zr-4. The van der Waals surface area contributed by atoms with E-state index in [1.807, 2.05) is 0 Å². The molecule has 0 amide bonds. The standard InChI is InChI=1S/C16H30.2C14H26.6CH3.6ClH.2Ti.Zr/c1-4-7-15(14-8-5-6-9-14)16-12(2)10-11-13(16)3;2*1-10-8-9-11(2)14(10)12(3)13-6-4-5-7-13;;;;;;;;;;;;;;;/h12-16H,4-11H2,1-3H3;2*10-14H,4-9H2,1-3H3;6*1H3;6*1H;;;/q;;;6*-1;;;;;;;2*+2;+4/p-6/t;2*10?,11?,12-,14?;;;;;;;;;;;;;;;/m.11.............../s1. The van der Waals surface area contributed by atoms with Gasteiger partial charge in [-0.1, -0.05) is 191 Å². The van der Waals surface area contributed by atoms with Crippen LogP contribution in [0.5, 0.6) is 0 Å². The Morgan fingerprint density at radius 3 is 0.847 bits per heavy atom. The Labute approximate surface area is 428 Å². The Kier molecular flexibility index (Phi) is 56.3. The summed E-state index contributed by atoms with van der Waals surface area (Å²) in [7, 11) is 29.4. The van der Waals surface area contributed by atoms with Crippen LogP contribution >= 0.6 is 54.2 Å². The molecule has 0 aromatic heterocycles. The average molecular weight is 1100 g/mol. The molecule has 0 bridgehead atoms. The van der Waals surface area contributed by atoms with E-state index in [0.717, 1.165) is 88.8 Å². The molecule has 0 N–H and O–H groups in total. The van der Waals surface area contributed by atoms with Gasteiger partial charge < -0.3 is 44.6 Å². The summed E-state index contributed by atoms with van der Waals surface area (Å²) in [5.41, 5.74) is 0. The molecule has 358 valence electrons. The third kappa shape index (κ3) is 27.0. The first kappa shape index (κ1) is 74.6. The minimum atomic E-state index is -0.826. The zero-order valence-electron chi connectivity index (χ0n) is 41.6. The number of hydrogen-bond acceptors (Lipinski definition) is 0. The molecule has 6 aliphatic rings. The molecule has 9 heteroatoms. The van der Waals surface area contributed by atoms with Gasteiger partial charge in [-0.15, -0.1) is 0 Å². The Balaban J connectivity index is -0.000000155. The molecule has 0 aromatic rings. The monoisotopic (exact) mass is 1100 g/mol. The minimum absolute atomic E-state index is 0. The molecule has 6 rings (SSSR count). The summed E-state index contributed by atoms with van der Waals surface area (Å²) < 4.78 is 0. The summed E-state index contributed by atoms with van der Waals surface area (Å²) in [5.74, 6) is 15.5. The summed E-state index contributed by atoms with van der Waals surface area (Å²) >= 11 is -1.94. The fraction of sp³-hybridized carbons (Fsp3) is 0.880. The van der Waals surface area contributed by atoms with Crippen molar-refractivity contribution in [3.63, 3.8) is 0 Å². The molecule has 6 saturated carbocycles. The van der Waals surface area contributed by atoms with E-state index in [1.54, 1.807) is 12.8 Å². The summed E-state index contributed by atoms with van der Waals surface area (Å²) in [6.45, 7) is 22.4. The van der Waals surface area contributed by atoms with E-state index in [4.69, 9.17) is 54.2 Å². The van der Waals surface area contributed by atoms with Crippen LogP contribution in [0.4, 0.5) is 0 Å². The number of hydrogen-bond donors (Lipinski definition) is 0. The molecule has 59 heavy (non-hydrogen) atoms. The predicted octanol–water partition coefficient (Wildman–Crippen LogP) is 21.1. The molecule has 0 aromatic carbocycles. The molecule has 0 aliphatic heterocycles. The van der Waals surface area contributed by atoms with Crippen molar-refractivity contribution in [2.45, 2.75) is 191 Å². The molecule has 0 spiro atoms. The van der Waals surface area contributed by atoms with Crippen molar-refractivity contribution in [3.05, 3.63) is 44.6 Å². The van der Waals surface area contributed by atoms with Crippen LogP contribution in [-0.4, -0.2) is 0 Å². The second kappa shape index (κ2) is 44.6. The van der Waals surface area contributed by atoms with E-state index in [0.29, 0.717) is 0 Å². The van der Waals surface area contributed by atoms with Crippen LogP contribution in [0.25, 0.3) is 0 Å². The molecule has 0 heterocycles. The van der Waals surface area contributed by atoms with Gasteiger partial charge in [0.05, 0.1) is 0 Å². The molecule has 9 atom stereocenters. The van der Waals surface area contributed by atoms with Crippen LogP contribution in [0.15, 0.2) is 0 Å². The summed E-state index contributed by atoms with van der Waals surface area (Å²) in [5, 5.41) is 0. The quantitative estimate of drug-likeness (QED) is 0.168. The maximum atomic E-state index is 4.93. The third-order valence-electron chi connectivity index (χ3n) is 15.8. The van der Waals surface area contributed by atoms with Crippen molar-refractivity contribution in [1.82, 2.24) is 0 Å². The van der Waals surface area contributed by atoms with E-state index in [9.17, 15) is 0 Å². The van der Waals surface area contributed by atoms with E-state index < -0.39 is 54.9 Å². The third-order valence-corrected chi connectivity index (χ3v) is 15.8. The molecule has 6 fully saturated rings. The predicted molar refractivity (Wildman–Crippen MR) is 269 cm³/mol. The second-order valence-electron chi connectivity index (χ2n) is 18.8. The van der Waals surface area contributed by atoms with Gasteiger partial charge in [-0.05, 0) is 88.8 Å². The van der Waals surface area contributed by atoms with Crippen LogP contribution in [-0.2, 0) is 54.9 Å². The van der Waals surface area contributed by atoms with Gasteiger partial charge in [0.25, 0.3) is 0 Å². The van der Waals surface area contributed by atoms with E-state index in [-0.39, 0.29) is 44.6 Å². The summed E-state index contributed by atoms with van der Waals surface area (Å²) in [6.07, 6.45) is 30.1. The summed E-state index contributed by atoms with van der Waals surface area (Å²) in [4.78, 5) is 0. The van der Waals surface area contributed by atoms with Crippen LogP contribution in [0.3, 0.4) is 0 Å². The van der Waals surface area contributed by atoms with Crippen molar-refractivity contribution in [2.24, 2.45) is 88.8 Å². The fourth-order valence-electron chi connectivity index (χ4n) is 13.4.